The van der Waals surface area contributed by atoms with E-state index in [-0.39, 0.29) is 11.6 Å². The summed E-state index contributed by atoms with van der Waals surface area (Å²) in [5.41, 5.74) is 6.58. The Morgan fingerprint density at radius 3 is 2.33 bits per heavy atom. The second kappa shape index (κ2) is 7.74. The van der Waals surface area contributed by atoms with Crippen molar-refractivity contribution in [1.82, 2.24) is 10.9 Å². The lowest BCUT2D eigenvalue weighted by Crippen LogP contribution is -2.41. The zero-order valence-corrected chi connectivity index (χ0v) is 14.8. The molecule has 0 fully saturated rings. The number of anilines is 1. The Balaban J connectivity index is 1.63. The number of carbonyl (C=O) groups is 2. The number of hydrogen-bond donors (Lipinski definition) is 2. The standard InChI is InChI=1S/C20H18FN3O3/c1-24(2)16-5-3-4-14(12-16)19(25)22-23-20(26)18-11-10-17(27-18)13-6-8-15(21)9-7-13/h3-12H,1-2H3,(H,22,25)(H,23,26). The van der Waals surface area contributed by atoms with E-state index in [1.807, 2.05) is 25.1 Å². The van der Waals surface area contributed by atoms with Gasteiger partial charge in [-0.05, 0) is 54.6 Å². The summed E-state index contributed by atoms with van der Waals surface area (Å²) >= 11 is 0. The number of benzene rings is 2. The first kappa shape index (κ1) is 18.2. The largest absolute Gasteiger partial charge is 0.451 e. The number of nitrogens with zero attached hydrogens (tertiary/aromatic N) is 1. The lowest BCUT2D eigenvalue weighted by Gasteiger charge is -2.13. The summed E-state index contributed by atoms with van der Waals surface area (Å²) in [6.45, 7) is 0. The molecule has 138 valence electrons. The Morgan fingerprint density at radius 2 is 1.63 bits per heavy atom. The summed E-state index contributed by atoms with van der Waals surface area (Å²) in [7, 11) is 3.74. The number of hydrogen-bond acceptors (Lipinski definition) is 4. The van der Waals surface area contributed by atoms with Gasteiger partial charge in [0.2, 0.25) is 0 Å². The fourth-order valence-corrected chi connectivity index (χ4v) is 2.40. The van der Waals surface area contributed by atoms with Crippen molar-refractivity contribution < 1.29 is 18.4 Å². The molecule has 0 aliphatic rings. The maximum Gasteiger partial charge on any atom is 0.305 e. The minimum absolute atomic E-state index is 0.0247. The van der Waals surface area contributed by atoms with Crippen LogP contribution in [0.4, 0.5) is 10.1 Å². The van der Waals surface area contributed by atoms with E-state index in [4.69, 9.17) is 4.42 Å². The maximum absolute atomic E-state index is 13.0. The molecule has 0 spiro atoms. The van der Waals surface area contributed by atoms with E-state index in [1.165, 1.54) is 18.2 Å². The Labute approximate surface area is 155 Å². The van der Waals surface area contributed by atoms with Gasteiger partial charge in [0.1, 0.15) is 11.6 Å². The maximum atomic E-state index is 13.0. The van der Waals surface area contributed by atoms with Crippen LogP contribution in [0.25, 0.3) is 11.3 Å². The first-order valence-electron chi connectivity index (χ1n) is 8.18. The second-order valence-corrected chi connectivity index (χ2v) is 6.02. The first-order chi connectivity index (χ1) is 12.9. The molecule has 0 radical (unpaired) electrons. The Bertz CT molecular complexity index is 965. The Morgan fingerprint density at radius 1 is 0.926 bits per heavy atom. The number of halogens is 1. The Hall–Kier alpha value is -3.61. The smallest absolute Gasteiger partial charge is 0.305 e. The predicted octanol–water partition coefficient (Wildman–Crippen LogP) is 3.23. The zero-order chi connectivity index (χ0) is 19.4. The molecule has 0 unspecified atom stereocenters. The number of rotatable bonds is 4. The van der Waals surface area contributed by atoms with Crippen LogP contribution in [-0.4, -0.2) is 25.9 Å². The van der Waals surface area contributed by atoms with Crippen LogP contribution in [-0.2, 0) is 0 Å². The van der Waals surface area contributed by atoms with Crippen molar-refractivity contribution >= 4 is 17.5 Å². The fraction of sp³-hybridized carbons (Fsp3) is 0.100. The molecule has 0 bridgehead atoms. The van der Waals surface area contributed by atoms with Gasteiger partial charge < -0.3 is 9.32 Å². The molecule has 2 N–H and O–H groups in total. The normalized spacial score (nSPS) is 10.3. The highest BCUT2D eigenvalue weighted by atomic mass is 19.1. The highest BCUT2D eigenvalue weighted by Crippen LogP contribution is 2.22. The average Bonchev–Trinajstić information content (AvgIpc) is 3.16. The van der Waals surface area contributed by atoms with Crippen LogP contribution in [0.3, 0.4) is 0 Å². The quantitative estimate of drug-likeness (QED) is 0.695. The molecule has 0 aliphatic heterocycles. The van der Waals surface area contributed by atoms with Gasteiger partial charge in [-0.3, -0.25) is 20.4 Å². The summed E-state index contributed by atoms with van der Waals surface area (Å²) in [4.78, 5) is 26.2. The molecular weight excluding hydrogens is 349 g/mol. The van der Waals surface area contributed by atoms with Crippen molar-refractivity contribution in [2.24, 2.45) is 0 Å². The van der Waals surface area contributed by atoms with E-state index >= 15 is 0 Å². The topological polar surface area (TPSA) is 74.6 Å². The van der Waals surface area contributed by atoms with E-state index in [1.54, 1.807) is 36.4 Å². The third-order valence-electron chi connectivity index (χ3n) is 3.87. The van der Waals surface area contributed by atoms with E-state index < -0.39 is 11.8 Å². The molecule has 2 amide bonds. The summed E-state index contributed by atoms with van der Waals surface area (Å²) in [6.07, 6.45) is 0. The van der Waals surface area contributed by atoms with Gasteiger partial charge >= 0.3 is 5.91 Å². The molecule has 0 saturated heterocycles. The number of amides is 2. The average molecular weight is 367 g/mol. The van der Waals surface area contributed by atoms with Crippen molar-refractivity contribution in [1.29, 1.82) is 0 Å². The minimum atomic E-state index is -0.597. The summed E-state index contributed by atoms with van der Waals surface area (Å²) in [5, 5.41) is 0. The predicted molar refractivity (Wildman–Crippen MR) is 99.8 cm³/mol. The summed E-state index contributed by atoms with van der Waals surface area (Å²) < 4.78 is 18.5. The molecule has 3 aromatic rings. The molecule has 0 saturated carbocycles. The highest BCUT2D eigenvalue weighted by Gasteiger charge is 2.14. The number of furan rings is 1. The van der Waals surface area contributed by atoms with Gasteiger partial charge in [-0.1, -0.05) is 6.07 Å². The number of hydrazine groups is 1. The highest BCUT2D eigenvalue weighted by molar-refractivity contribution is 5.98. The van der Waals surface area contributed by atoms with Crippen molar-refractivity contribution in [2.75, 3.05) is 19.0 Å². The van der Waals surface area contributed by atoms with Crippen LogP contribution in [0.2, 0.25) is 0 Å². The first-order valence-corrected chi connectivity index (χ1v) is 8.18. The Kier molecular flexibility index (Phi) is 5.21. The van der Waals surface area contributed by atoms with Crippen molar-refractivity contribution in [3.05, 3.63) is 77.8 Å². The van der Waals surface area contributed by atoms with Crippen molar-refractivity contribution in [3.8, 4) is 11.3 Å². The third-order valence-corrected chi connectivity index (χ3v) is 3.87. The molecule has 7 heteroatoms. The monoisotopic (exact) mass is 367 g/mol. The number of carbonyl (C=O) groups excluding carboxylic acids is 2. The van der Waals surface area contributed by atoms with E-state index in [2.05, 4.69) is 10.9 Å². The van der Waals surface area contributed by atoms with Crippen LogP contribution in [0.15, 0.2) is 65.1 Å². The van der Waals surface area contributed by atoms with Gasteiger partial charge in [0.25, 0.3) is 5.91 Å². The van der Waals surface area contributed by atoms with E-state index in [0.29, 0.717) is 16.9 Å². The van der Waals surface area contributed by atoms with Crippen LogP contribution >= 0.6 is 0 Å². The van der Waals surface area contributed by atoms with E-state index in [0.717, 1.165) is 5.69 Å². The van der Waals surface area contributed by atoms with Crippen LogP contribution in [0.1, 0.15) is 20.9 Å². The minimum Gasteiger partial charge on any atom is -0.451 e. The van der Waals surface area contributed by atoms with Crippen LogP contribution < -0.4 is 15.8 Å². The second-order valence-electron chi connectivity index (χ2n) is 6.02. The van der Waals surface area contributed by atoms with Gasteiger partial charge in [0, 0.05) is 30.9 Å². The third kappa shape index (κ3) is 4.33. The van der Waals surface area contributed by atoms with Gasteiger partial charge in [-0.15, -0.1) is 0 Å². The molecule has 2 aromatic carbocycles. The van der Waals surface area contributed by atoms with Gasteiger partial charge in [-0.25, -0.2) is 4.39 Å². The van der Waals surface area contributed by atoms with Gasteiger partial charge in [0.15, 0.2) is 5.76 Å². The molecule has 27 heavy (non-hydrogen) atoms. The molecule has 6 nitrogen and oxygen atoms in total. The lowest BCUT2D eigenvalue weighted by atomic mass is 10.2. The van der Waals surface area contributed by atoms with Crippen molar-refractivity contribution in [3.63, 3.8) is 0 Å². The fourth-order valence-electron chi connectivity index (χ4n) is 2.40. The SMILES string of the molecule is CN(C)c1cccc(C(=O)NNC(=O)c2ccc(-c3ccc(F)cc3)o2)c1. The zero-order valence-electron chi connectivity index (χ0n) is 14.8. The van der Waals surface area contributed by atoms with Gasteiger partial charge in [0.05, 0.1) is 0 Å². The summed E-state index contributed by atoms with van der Waals surface area (Å²) in [5.74, 6) is -0.955. The van der Waals surface area contributed by atoms with Crippen molar-refractivity contribution in [2.45, 2.75) is 0 Å². The van der Waals surface area contributed by atoms with E-state index in [9.17, 15) is 14.0 Å². The molecule has 3 rings (SSSR count). The molecule has 0 aliphatic carbocycles. The lowest BCUT2D eigenvalue weighted by molar-refractivity contribution is 0.0831. The van der Waals surface area contributed by atoms with Gasteiger partial charge in [-0.2, -0.15) is 0 Å². The molecule has 1 heterocycles. The molecule has 0 atom stereocenters. The van der Waals surface area contributed by atoms with Crippen LogP contribution in [0.5, 0.6) is 0 Å². The molecular formula is C20H18FN3O3. The molecule has 1 aromatic heterocycles. The van der Waals surface area contributed by atoms with Crippen LogP contribution in [0, 0.1) is 5.82 Å². The number of nitrogens with one attached hydrogen (secondary N) is 2. The summed E-state index contributed by atoms with van der Waals surface area (Å²) in [6, 6.07) is 15.8.